The quantitative estimate of drug-likeness (QED) is 0.618. The number of carbonyl (C=O) groups excluding carboxylic acids is 1. The van der Waals surface area contributed by atoms with Crippen molar-refractivity contribution in [1.29, 1.82) is 0 Å². The van der Waals surface area contributed by atoms with Gasteiger partial charge in [-0.05, 0) is 42.3 Å². The molecule has 3 nitrogen and oxygen atoms in total. The summed E-state index contributed by atoms with van der Waals surface area (Å²) in [6.45, 7) is 1.47. The molecule has 0 aliphatic carbocycles. The normalized spacial score (nSPS) is 11.4. The first kappa shape index (κ1) is 13.1. The van der Waals surface area contributed by atoms with E-state index in [1.807, 2.05) is 0 Å². The van der Waals surface area contributed by atoms with E-state index in [2.05, 4.69) is 0 Å². The smallest absolute Gasteiger partial charge is 0.222 e. The molecule has 0 unspecified atom stereocenters. The van der Waals surface area contributed by atoms with Gasteiger partial charge in [-0.1, -0.05) is 0 Å². The summed E-state index contributed by atoms with van der Waals surface area (Å²) in [5, 5.41) is -0.706. The molecule has 1 rings (SSSR count). The van der Waals surface area contributed by atoms with E-state index in [0.29, 0.717) is 0 Å². The van der Waals surface area contributed by atoms with Crippen LogP contribution in [-0.2, 0) is 14.6 Å². The van der Waals surface area contributed by atoms with Crippen molar-refractivity contribution in [2.24, 2.45) is 0 Å². The molecule has 0 spiro atoms. The van der Waals surface area contributed by atoms with Gasteiger partial charge in [0.15, 0.2) is 9.84 Å². The average molecular weight is 265 g/mol. The standard InChI is InChI=1S/C10H10ClFO3S/c1-7-6-8(2-3-9(7)12)16(14,15)5-4-10(11)13/h2-3,6H,4-5H2,1H3. The number of carbonyl (C=O) groups is 1. The predicted molar refractivity (Wildman–Crippen MR) is 58.7 cm³/mol. The molecule has 0 aromatic heterocycles. The number of rotatable bonds is 4. The molecule has 0 heterocycles. The molecule has 1 aromatic rings. The van der Waals surface area contributed by atoms with E-state index in [9.17, 15) is 17.6 Å². The molecule has 0 saturated heterocycles. The van der Waals surface area contributed by atoms with E-state index in [4.69, 9.17) is 11.6 Å². The molecule has 0 atom stereocenters. The van der Waals surface area contributed by atoms with Crippen molar-refractivity contribution in [2.75, 3.05) is 5.75 Å². The van der Waals surface area contributed by atoms with Crippen molar-refractivity contribution in [1.82, 2.24) is 0 Å². The second-order valence-electron chi connectivity index (χ2n) is 3.33. The van der Waals surface area contributed by atoms with Crippen LogP contribution in [0, 0.1) is 12.7 Å². The highest BCUT2D eigenvalue weighted by molar-refractivity contribution is 7.91. The summed E-state index contributed by atoms with van der Waals surface area (Å²) in [7, 11) is -3.57. The van der Waals surface area contributed by atoms with Crippen molar-refractivity contribution in [2.45, 2.75) is 18.2 Å². The zero-order valence-corrected chi connectivity index (χ0v) is 10.1. The lowest BCUT2D eigenvalue weighted by atomic mass is 10.2. The molecule has 0 amide bonds. The van der Waals surface area contributed by atoms with Gasteiger partial charge in [-0.3, -0.25) is 4.79 Å². The first-order valence-electron chi connectivity index (χ1n) is 4.50. The lowest BCUT2D eigenvalue weighted by Gasteiger charge is -2.04. The Hall–Kier alpha value is -0.940. The highest BCUT2D eigenvalue weighted by atomic mass is 35.5. The maximum Gasteiger partial charge on any atom is 0.222 e. The van der Waals surface area contributed by atoms with E-state index < -0.39 is 20.9 Å². The summed E-state index contributed by atoms with van der Waals surface area (Å²) in [6.07, 6.45) is -0.250. The highest BCUT2D eigenvalue weighted by Crippen LogP contribution is 2.16. The third-order valence-electron chi connectivity index (χ3n) is 2.06. The topological polar surface area (TPSA) is 51.2 Å². The fraction of sp³-hybridized carbons (Fsp3) is 0.300. The lowest BCUT2D eigenvalue weighted by Crippen LogP contribution is -2.09. The molecule has 0 bridgehead atoms. The van der Waals surface area contributed by atoms with E-state index in [1.165, 1.54) is 19.1 Å². The molecule has 0 fully saturated rings. The number of aryl methyl sites for hydroxylation is 1. The van der Waals surface area contributed by atoms with Crippen molar-refractivity contribution in [3.63, 3.8) is 0 Å². The van der Waals surface area contributed by atoms with Crippen LogP contribution in [-0.4, -0.2) is 19.4 Å². The maximum atomic E-state index is 12.9. The maximum absolute atomic E-state index is 12.9. The molecular weight excluding hydrogens is 255 g/mol. The monoisotopic (exact) mass is 264 g/mol. The van der Waals surface area contributed by atoms with Gasteiger partial charge in [-0.2, -0.15) is 0 Å². The Bertz CT molecular complexity index is 511. The van der Waals surface area contributed by atoms with E-state index in [0.717, 1.165) is 6.07 Å². The molecule has 6 heteroatoms. The molecular formula is C10H10ClFO3S. The third-order valence-corrected chi connectivity index (χ3v) is 3.96. The number of benzene rings is 1. The fourth-order valence-corrected chi connectivity index (χ4v) is 2.67. The summed E-state index contributed by atoms with van der Waals surface area (Å²) in [4.78, 5) is 10.5. The molecule has 0 aliphatic heterocycles. The van der Waals surface area contributed by atoms with Gasteiger partial charge < -0.3 is 0 Å². The second kappa shape index (κ2) is 4.93. The van der Waals surface area contributed by atoms with Crippen molar-refractivity contribution < 1.29 is 17.6 Å². The van der Waals surface area contributed by atoms with Gasteiger partial charge in [0.1, 0.15) is 5.82 Å². The zero-order chi connectivity index (χ0) is 12.3. The van der Waals surface area contributed by atoms with Crippen molar-refractivity contribution in [3.05, 3.63) is 29.6 Å². The Morgan fingerprint density at radius 2 is 2.06 bits per heavy atom. The summed E-state index contributed by atoms with van der Waals surface area (Å²) in [5.74, 6) is -0.826. The minimum atomic E-state index is -3.57. The van der Waals surface area contributed by atoms with E-state index in [1.54, 1.807) is 0 Å². The minimum absolute atomic E-state index is 0.00400. The summed E-state index contributed by atoms with van der Waals surface area (Å²) >= 11 is 5.06. The SMILES string of the molecule is Cc1cc(S(=O)(=O)CCC(=O)Cl)ccc1F. The summed E-state index contributed by atoms with van der Waals surface area (Å²) < 4.78 is 36.3. The average Bonchev–Trinajstić information content (AvgIpc) is 2.19. The Morgan fingerprint density at radius 3 is 2.56 bits per heavy atom. The van der Waals surface area contributed by atoms with Crippen LogP contribution in [0.15, 0.2) is 23.1 Å². The Balaban J connectivity index is 2.99. The van der Waals surface area contributed by atoms with Gasteiger partial charge in [0.2, 0.25) is 5.24 Å². The van der Waals surface area contributed by atoms with Crippen LogP contribution < -0.4 is 0 Å². The van der Waals surface area contributed by atoms with E-state index >= 15 is 0 Å². The largest absolute Gasteiger partial charge is 0.281 e. The highest BCUT2D eigenvalue weighted by Gasteiger charge is 2.16. The van der Waals surface area contributed by atoms with Crippen LogP contribution in [0.2, 0.25) is 0 Å². The van der Waals surface area contributed by atoms with Crippen LogP contribution in [0.1, 0.15) is 12.0 Å². The number of halogens is 2. The van der Waals surface area contributed by atoms with Crippen LogP contribution in [0.5, 0.6) is 0 Å². The Kier molecular flexibility index (Phi) is 4.04. The molecule has 0 N–H and O–H groups in total. The summed E-state index contributed by atoms with van der Waals surface area (Å²) in [6, 6.07) is 3.50. The number of hydrogen-bond acceptors (Lipinski definition) is 3. The van der Waals surface area contributed by atoms with Crippen LogP contribution in [0.25, 0.3) is 0 Å². The van der Waals surface area contributed by atoms with Gasteiger partial charge in [0.25, 0.3) is 0 Å². The second-order valence-corrected chi connectivity index (χ2v) is 5.87. The van der Waals surface area contributed by atoms with Gasteiger partial charge in [-0.25, -0.2) is 12.8 Å². The van der Waals surface area contributed by atoms with Gasteiger partial charge in [0, 0.05) is 6.42 Å². The Morgan fingerprint density at radius 1 is 1.44 bits per heavy atom. The van der Waals surface area contributed by atoms with Crippen LogP contribution in [0.3, 0.4) is 0 Å². The Labute approximate surface area is 98.1 Å². The molecule has 88 valence electrons. The molecule has 16 heavy (non-hydrogen) atoms. The summed E-state index contributed by atoms with van der Waals surface area (Å²) in [5.41, 5.74) is 0.248. The first-order chi connectivity index (χ1) is 7.33. The van der Waals surface area contributed by atoms with Gasteiger partial charge in [-0.15, -0.1) is 0 Å². The minimum Gasteiger partial charge on any atom is -0.281 e. The third kappa shape index (κ3) is 3.28. The van der Waals surface area contributed by atoms with Crippen LogP contribution >= 0.6 is 11.6 Å². The molecule has 0 aliphatic rings. The van der Waals surface area contributed by atoms with Crippen molar-refractivity contribution in [3.8, 4) is 0 Å². The van der Waals surface area contributed by atoms with Crippen LogP contribution in [0.4, 0.5) is 4.39 Å². The molecule has 1 aromatic carbocycles. The lowest BCUT2D eigenvalue weighted by molar-refractivity contribution is -0.111. The fourth-order valence-electron chi connectivity index (χ4n) is 1.14. The number of sulfone groups is 1. The van der Waals surface area contributed by atoms with Crippen molar-refractivity contribution >= 4 is 26.7 Å². The molecule has 0 saturated carbocycles. The zero-order valence-electron chi connectivity index (χ0n) is 8.54. The number of hydrogen-bond donors (Lipinski definition) is 0. The van der Waals surface area contributed by atoms with E-state index in [-0.39, 0.29) is 22.6 Å². The first-order valence-corrected chi connectivity index (χ1v) is 6.53. The van der Waals surface area contributed by atoms with Gasteiger partial charge in [0.05, 0.1) is 10.6 Å². The molecule has 0 radical (unpaired) electrons. The predicted octanol–water partition coefficient (Wildman–Crippen LogP) is 2.06. The van der Waals surface area contributed by atoms with Gasteiger partial charge >= 0.3 is 0 Å².